The van der Waals surface area contributed by atoms with Gasteiger partial charge in [0.1, 0.15) is 0 Å². The van der Waals surface area contributed by atoms with Crippen LogP contribution in [0, 0.1) is 11.3 Å². The lowest BCUT2D eigenvalue weighted by Crippen LogP contribution is -2.25. The molecule has 0 radical (unpaired) electrons. The Labute approximate surface area is 79.9 Å². The van der Waals surface area contributed by atoms with E-state index < -0.39 is 24.9 Å². The van der Waals surface area contributed by atoms with Gasteiger partial charge in [-0.1, -0.05) is 0 Å². The Morgan fingerprint density at radius 1 is 1.43 bits per heavy atom. The monoisotopic (exact) mass is 208 g/mol. The van der Waals surface area contributed by atoms with Gasteiger partial charge in [-0.15, -0.1) is 0 Å². The van der Waals surface area contributed by atoms with Crippen molar-refractivity contribution in [1.29, 1.82) is 5.26 Å². The Balaban J connectivity index is 3.43. The second-order valence-electron chi connectivity index (χ2n) is 2.73. The van der Waals surface area contributed by atoms with Gasteiger partial charge in [0.05, 0.1) is 12.5 Å². The molecule has 0 fully saturated rings. The van der Waals surface area contributed by atoms with Crippen molar-refractivity contribution in [2.45, 2.75) is 31.9 Å². The van der Waals surface area contributed by atoms with Crippen molar-refractivity contribution in [3.05, 3.63) is 0 Å². The van der Waals surface area contributed by atoms with E-state index in [0.29, 0.717) is 12.8 Å². The minimum Gasteiger partial charge on any atom is -0.356 e. The lowest BCUT2D eigenvalue weighted by atomic mass is 10.3. The van der Waals surface area contributed by atoms with Crippen LogP contribution in [0.4, 0.5) is 13.2 Å². The van der Waals surface area contributed by atoms with Crippen LogP contribution in [-0.2, 0) is 4.79 Å². The number of alkyl halides is 3. The van der Waals surface area contributed by atoms with E-state index in [0.717, 1.165) is 0 Å². The molecule has 14 heavy (non-hydrogen) atoms. The van der Waals surface area contributed by atoms with Gasteiger partial charge in [0.15, 0.2) is 0 Å². The first kappa shape index (κ1) is 12.8. The van der Waals surface area contributed by atoms with Crippen molar-refractivity contribution >= 4 is 5.91 Å². The number of nitrogens with one attached hydrogen (secondary N) is 1. The summed E-state index contributed by atoms with van der Waals surface area (Å²) in [5.74, 6) is -0.625. The molecule has 0 aliphatic heterocycles. The largest absolute Gasteiger partial charge is 0.389 e. The number of hydrogen-bond acceptors (Lipinski definition) is 2. The first-order chi connectivity index (χ1) is 6.45. The molecule has 6 heteroatoms. The molecule has 0 unspecified atom stereocenters. The van der Waals surface area contributed by atoms with Crippen LogP contribution in [0.3, 0.4) is 0 Å². The van der Waals surface area contributed by atoms with Gasteiger partial charge < -0.3 is 5.32 Å². The van der Waals surface area contributed by atoms with E-state index in [2.05, 4.69) is 5.32 Å². The maximum Gasteiger partial charge on any atom is 0.389 e. The van der Waals surface area contributed by atoms with E-state index in [1.165, 1.54) is 0 Å². The molecule has 0 heterocycles. The summed E-state index contributed by atoms with van der Waals surface area (Å²) in [6.45, 7) is 0.254. The predicted octanol–water partition coefficient (Wildman–Crippen LogP) is 1.75. The van der Waals surface area contributed by atoms with Gasteiger partial charge in [-0.3, -0.25) is 4.79 Å². The van der Waals surface area contributed by atoms with Gasteiger partial charge >= 0.3 is 6.18 Å². The number of carbonyl (C=O) groups is 1. The Hall–Kier alpha value is -1.25. The zero-order chi connectivity index (χ0) is 11.0. The average molecular weight is 208 g/mol. The van der Waals surface area contributed by atoms with Gasteiger partial charge in [0.25, 0.3) is 0 Å². The van der Waals surface area contributed by atoms with Crippen molar-refractivity contribution < 1.29 is 18.0 Å². The fourth-order valence-electron chi connectivity index (χ4n) is 0.739. The van der Waals surface area contributed by atoms with Crippen LogP contribution in [0.15, 0.2) is 0 Å². The minimum absolute atomic E-state index is 0.254. The van der Waals surface area contributed by atoms with E-state index >= 15 is 0 Å². The molecule has 0 aliphatic carbocycles. The van der Waals surface area contributed by atoms with Crippen LogP contribution in [0.2, 0.25) is 0 Å². The molecule has 0 bridgehead atoms. The van der Waals surface area contributed by atoms with Crippen LogP contribution in [-0.4, -0.2) is 18.6 Å². The number of halogens is 3. The van der Waals surface area contributed by atoms with Crippen molar-refractivity contribution in [1.82, 2.24) is 5.32 Å². The molecule has 80 valence electrons. The maximum absolute atomic E-state index is 11.6. The van der Waals surface area contributed by atoms with E-state index in [-0.39, 0.29) is 6.54 Å². The topological polar surface area (TPSA) is 52.9 Å². The third-order valence-corrected chi connectivity index (χ3v) is 1.42. The van der Waals surface area contributed by atoms with Gasteiger partial charge in [-0.2, -0.15) is 18.4 Å². The Morgan fingerprint density at radius 3 is 2.57 bits per heavy atom. The van der Waals surface area contributed by atoms with Crippen molar-refractivity contribution in [3.8, 4) is 6.07 Å². The number of carbonyl (C=O) groups excluding carboxylic acids is 1. The fourth-order valence-corrected chi connectivity index (χ4v) is 0.739. The third kappa shape index (κ3) is 8.84. The Bertz CT molecular complexity index is 220. The molecule has 0 aromatic carbocycles. The first-order valence-electron chi connectivity index (χ1n) is 4.16. The van der Waals surface area contributed by atoms with E-state index in [1.807, 2.05) is 6.07 Å². The summed E-state index contributed by atoms with van der Waals surface area (Å²) in [5, 5.41) is 10.4. The van der Waals surface area contributed by atoms with Crippen molar-refractivity contribution in [3.63, 3.8) is 0 Å². The molecule has 1 amide bonds. The molecule has 0 aliphatic rings. The van der Waals surface area contributed by atoms with Gasteiger partial charge in [-0.25, -0.2) is 0 Å². The number of amides is 1. The number of unbranched alkanes of at least 4 members (excludes halogenated alkanes) is 1. The zero-order valence-corrected chi connectivity index (χ0v) is 7.52. The van der Waals surface area contributed by atoms with Crippen molar-refractivity contribution in [2.24, 2.45) is 0 Å². The molecule has 0 saturated carbocycles. The Kier molecular flexibility index (Phi) is 5.68. The summed E-state index contributed by atoms with van der Waals surface area (Å²) < 4.78 is 34.9. The van der Waals surface area contributed by atoms with Crippen LogP contribution >= 0.6 is 0 Å². The van der Waals surface area contributed by atoms with E-state index in [1.54, 1.807) is 0 Å². The van der Waals surface area contributed by atoms with Crippen molar-refractivity contribution in [2.75, 3.05) is 6.54 Å². The number of nitrogens with zero attached hydrogens (tertiary/aromatic N) is 1. The summed E-state index contributed by atoms with van der Waals surface area (Å²) in [5.41, 5.74) is 0. The van der Waals surface area contributed by atoms with Crippen LogP contribution < -0.4 is 5.32 Å². The number of hydrogen-bond donors (Lipinski definition) is 1. The normalized spacial score (nSPS) is 10.7. The summed E-state index contributed by atoms with van der Waals surface area (Å²) in [4.78, 5) is 10.8. The number of nitriles is 1. The molecular formula is C8H11F3N2O. The Morgan fingerprint density at radius 2 is 2.07 bits per heavy atom. The van der Waals surface area contributed by atoms with Crippen LogP contribution in [0.1, 0.15) is 25.7 Å². The molecule has 0 aromatic rings. The summed E-state index contributed by atoms with van der Waals surface area (Å²) in [7, 11) is 0. The smallest absolute Gasteiger partial charge is 0.356 e. The minimum atomic E-state index is -4.29. The highest BCUT2D eigenvalue weighted by molar-refractivity contribution is 5.75. The highest BCUT2D eigenvalue weighted by Crippen LogP contribution is 2.20. The molecule has 0 aromatic heterocycles. The maximum atomic E-state index is 11.6. The van der Waals surface area contributed by atoms with Gasteiger partial charge in [0.2, 0.25) is 5.91 Å². The molecule has 0 rings (SSSR count). The highest BCUT2D eigenvalue weighted by Gasteiger charge is 2.27. The fraction of sp³-hybridized carbons (Fsp3) is 0.750. The van der Waals surface area contributed by atoms with Gasteiger partial charge in [0, 0.05) is 19.4 Å². The average Bonchev–Trinajstić information content (AvgIpc) is 2.08. The second-order valence-corrected chi connectivity index (χ2v) is 2.73. The lowest BCUT2D eigenvalue weighted by molar-refractivity contribution is -0.144. The van der Waals surface area contributed by atoms with Crippen LogP contribution in [0.25, 0.3) is 0 Å². The highest BCUT2D eigenvalue weighted by atomic mass is 19.4. The van der Waals surface area contributed by atoms with E-state index in [9.17, 15) is 18.0 Å². The molecule has 3 nitrogen and oxygen atoms in total. The summed E-state index contributed by atoms with van der Waals surface area (Å²) >= 11 is 0. The molecule has 0 spiro atoms. The first-order valence-corrected chi connectivity index (χ1v) is 4.16. The second kappa shape index (κ2) is 6.24. The molecular weight excluding hydrogens is 197 g/mol. The quantitative estimate of drug-likeness (QED) is 0.700. The zero-order valence-electron chi connectivity index (χ0n) is 7.52. The number of rotatable bonds is 5. The standard InChI is InChI=1S/C8H11F3N2O/c9-8(10,11)4-3-7(14)13-6-2-1-5-12/h1-4,6H2,(H,13,14). The van der Waals surface area contributed by atoms with Crippen LogP contribution in [0.5, 0.6) is 0 Å². The molecule has 0 atom stereocenters. The SMILES string of the molecule is N#CCCCNC(=O)CCC(F)(F)F. The van der Waals surface area contributed by atoms with Gasteiger partial charge in [-0.05, 0) is 6.42 Å². The van der Waals surface area contributed by atoms with E-state index in [4.69, 9.17) is 5.26 Å². The summed E-state index contributed by atoms with van der Waals surface area (Å²) in [6.07, 6.45) is -5.18. The molecule has 1 N–H and O–H groups in total. The predicted molar refractivity (Wildman–Crippen MR) is 43.1 cm³/mol. The third-order valence-electron chi connectivity index (χ3n) is 1.42. The molecule has 0 saturated heterocycles. The lowest BCUT2D eigenvalue weighted by Gasteiger charge is -2.06. The summed E-state index contributed by atoms with van der Waals surface area (Å²) in [6, 6.07) is 1.87.